The Kier molecular flexibility index (Phi) is 5.86. The van der Waals surface area contributed by atoms with Crippen LogP contribution in [0.15, 0.2) is 54.6 Å². The highest BCUT2D eigenvalue weighted by Crippen LogP contribution is 2.38. The molecular weight excluding hydrogens is 461 g/mol. The Morgan fingerprint density at radius 3 is 2.24 bits per heavy atom. The lowest BCUT2D eigenvalue weighted by Gasteiger charge is -2.13. The molecule has 0 atom stereocenters. The summed E-state index contributed by atoms with van der Waals surface area (Å²) in [4.78, 5) is 16.0. The van der Waals surface area contributed by atoms with Crippen LogP contribution in [0.1, 0.15) is 16.2 Å². The number of amides is 1. The van der Waals surface area contributed by atoms with Crippen molar-refractivity contribution in [2.75, 3.05) is 19.5 Å². The van der Waals surface area contributed by atoms with Gasteiger partial charge >= 0.3 is 6.18 Å². The fourth-order valence-corrected chi connectivity index (χ4v) is 3.43. The number of hydrogen-bond donors (Lipinski definition) is 1. The van der Waals surface area contributed by atoms with E-state index < -0.39 is 35.1 Å². The van der Waals surface area contributed by atoms with Crippen molar-refractivity contribution < 1.29 is 36.2 Å². The van der Waals surface area contributed by atoms with Crippen LogP contribution in [0.25, 0.3) is 16.7 Å². The number of carbonyl (C=O) groups is 1. The zero-order valence-corrected chi connectivity index (χ0v) is 17.7. The van der Waals surface area contributed by atoms with Gasteiger partial charge in [0.1, 0.15) is 0 Å². The maximum absolute atomic E-state index is 13.9. The number of benzene rings is 3. The molecule has 4 aromatic rings. The molecule has 0 aliphatic rings. The van der Waals surface area contributed by atoms with E-state index in [4.69, 9.17) is 9.47 Å². The second-order valence-corrected chi connectivity index (χ2v) is 7.07. The van der Waals surface area contributed by atoms with Gasteiger partial charge in [-0.05, 0) is 36.4 Å². The van der Waals surface area contributed by atoms with Crippen molar-refractivity contribution in [2.45, 2.75) is 6.18 Å². The number of halogens is 5. The van der Waals surface area contributed by atoms with E-state index in [0.717, 1.165) is 16.7 Å². The summed E-state index contributed by atoms with van der Waals surface area (Å²) in [5, 5.41) is 2.38. The largest absolute Gasteiger partial charge is 0.493 e. The van der Waals surface area contributed by atoms with Gasteiger partial charge in [0.15, 0.2) is 23.1 Å². The van der Waals surface area contributed by atoms with Crippen molar-refractivity contribution in [1.29, 1.82) is 0 Å². The van der Waals surface area contributed by atoms with Crippen LogP contribution in [0.2, 0.25) is 0 Å². The quantitative estimate of drug-likeness (QED) is 0.381. The molecule has 0 radical (unpaired) electrons. The number of alkyl halides is 3. The highest BCUT2D eigenvalue weighted by molar-refractivity contribution is 6.04. The number of hydrogen-bond acceptors (Lipinski definition) is 4. The Balaban J connectivity index is 1.74. The zero-order chi connectivity index (χ0) is 24.6. The number of anilines is 1. The van der Waals surface area contributed by atoms with Gasteiger partial charge in [-0.15, -0.1) is 0 Å². The minimum absolute atomic E-state index is 0.0314. The Morgan fingerprint density at radius 2 is 1.62 bits per heavy atom. The first-order valence-corrected chi connectivity index (χ1v) is 9.71. The van der Waals surface area contributed by atoms with E-state index in [1.165, 1.54) is 56.7 Å². The van der Waals surface area contributed by atoms with E-state index in [1.807, 2.05) is 0 Å². The molecule has 1 aromatic heterocycles. The first kappa shape index (κ1) is 23.0. The average Bonchev–Trinajstić information content (AvgIpc) is 3.19. The molecule has 6 nitrogen and oxygen atoms in total. The van der Waals surface area contributed by atoms with Crippen LogP contribution < -0.4 is 14.8 Å². The Labute approximate surface area is 189 Å². The predicted octanol–water partition coefficient (Wildman–Crippen LogP) is 5.59. The molecule has 1 N–H and O–H groups in total. The summed E-state index contributed by atoms with van der Waals surface area (Å²) in [5.74, 6) is -4.13. The zero-order valence-electron chi connectivity index (χ0n) is 17.7. The lowest BCUT2D eigenvalue weighted by molar-refractivity contribution is -0.145. The molecule has 4 rings (SSSR count). The summed E-state index contributed by atoms with van der Waals surface area (Å²) in [6.07, 6.45) is -4.78. The summed E-state index contributed by atoms with van der Waals surface area (Å²) in [6, 6.07) is 11.2. The molecule has 0 bridgehead atoms. The van der Waals surface area contributed by atoms with E-state index in [-0.39, 0.29) is 33.9 Å². The summed E-state index contributed by atoms with van der Waals surface area (Å²) in [7, 11) is 2.71. The smallest absolute Gasteiger partial charge is 0.450 e. The maximum atomic E-state index is 13.9. The number of nitrogens with zero attached hydrogens (tertiary/aromatic N) is 2. The molecule has 11 heteroatoms. The number of nitrogens with one attached hydrogen (secondary N) is 1. The summed E-state index contributed by atoms with van der Waals surface area (Å²) in [6.45, 7) is 0. The Hall–Kier alpha value is -4.15. The highest BCUT2D eigenvalue weighted by atomic mass is 19.4. The molecule has 0 saturated carbocycles. The minimum Gasteiger partial charge on any atom is -0.493 e. The SMILES string of the molecule is COc1cc2nc(C(F)(F)F)n(-c3ccc(NC(=O)c4cccc(F)c4F)cc3)c2cc1OC. The van der Waals surface area contributed by atoms with Gasteiger partial charge in [0, 0.05) is 23.5 Å². The third kappa shape index (κ3) is 4.12. The van der Waals surface area contributed by atoms with E-state index in [9.17, 15) is 26.7 Å². The molecule has 176 valence electrons. The van der Waals surface area contributed by atoms with Gasteiger partial charge in [-0.3, -0.25) is 9.36 Å². The molecule has 3 aromatic carbocycles. The second kappa shape index (κ2) is 8.65. The molecule has 0 aliphatic carbocycles. The van der Waals surface area contributed by atoms with Crippen molar-refractivity contribution in [3.05, 3.63) is 77.6 Å². The van der Waals surface area contributed by atoms with Crippen LogP contribution in [0, 0.1) is 11.6 Å². The van der Waals surface area contributed by atoms with Crippen LogP contribution in [0.3, 0.4) is 0 Å². The fourth-order valence-electron chi connectivity index (χ4n) is 3.43. The van der Waals surface area contributed by atoms with E-state index in [2.05, 4.69) is 10.3 Å². The van der Waals surface area contributed by atoms with E-state index in [1.54, 1.807) is 0 Å². The summed E-state index contributed by atoms with van der Waals surface area (Å²) >= 11 is 0. The molecule has 0 aliphatic heterocycles. The molecular formula is C23H16F5N3O3. The third-order valence-corrected chi connectivity index (χ3v) is 4.99. The number of carbonyl (C=O) groups excluding carboxylic acids is 1. The summed E-state index contributed by atoms with van der Waals surface area (Å²) in [5.41, 5.74) is -0.107. The van der Waals surface area contributed by atoms with Crippen LogP contribution >= 0.6 is 0 Å². The molecule has 0 unspecified atom stereocenters. The predicted molar refractivity (Wildman–Crippen MR) is 113 cm³/mol. The van der Waals surface area contributed by atoms with E-state index >= 15 is 0 Å². The van der Waals surface area contributed by atoms with Crippen molar-refractivity contribution in [3.8, 4) is 17.2 Å². The first-order valence-electron chi connectivity index (χ1n) is 9.71. The van der Waals surface area contributed by atoms with Crippen molar-refractivity contribution in [2.24, 2.45) is 0 Å². The topological polar surface area (TPSA) is 65.4 Å². The minimum atomic E-state index is -4.78. The van der Waals surface area contributed by atoms with Crippen LogP contribution in [-0.2, 0) is 6.18 Å². The van der Waals surface area contributed by atoms with Gasteiger partial charge in [-0.1, -0.05) is 6.07 Å². The molecule has 34 heavy (non-hydrogen) atoms. The molecule has 1 amide bonds. The normalized spacial score (nSPS) is 11.5. The van der Waals surface area contributed by atoms with Gasteiger partial charge < -0.3 is 14.8 Å². The highest BCUT2D eigenvalue weighted by Gasteiger charge is 2.38. The van der Waals surface area contributed by atoms with Crippen LogP contribution in [0.5, 0.6) is 11.5 Å². The number of methoxy groups -OCH3 is 2. The van der Waals surface area contributed by atoms with Gasteiger partial charge in [-0.2, -0.15) is 13.2 Å². The maximum Gasteiger partial charge on any atom is 0.450 e. The number of imidazole rings is 1. The number of ether oxygens (including phenoxy) is 2. The Morgan fingerprint density at radius 1 is 0.971 bits per heavy atom. The van der Waals surface area contributed by atoms with Crippen molar-refractivity contribution in [3.63, 3.8) is 0 Å². The third-order valence-electron chi connectivity index (χ3n) is 4.99. The second-order valence-electron chi connectivity index (χ2n) is 7.07. The Bertz CT molecular complexity index is 1380. The van der Waals surface area contributed by atoms with Crippen LogP contribution in [-0.4, -0.2) is 29.7 Å². The van der Waals surface area contributed by atoms with Crippen molar-refractivity contribution in [1.82, 2.24) is 9.55 Å². The number of fused-ring (bicyclic) bond motifs is 1. The van der Waals surface area contributed by atoms with Crippen molar-refractivity contribution >= 4 is 22.6 Å². The molecule has 1 heterocycles. The van der Waals surface area contributed by atoms with Gasteiger partial charge in [-0.25, -0.2) is 13.8 Å². The van der Waals surface area contributed by atoms with Gasteiger partial charge in [0.05, 0.1) is 30.8 Å². The lowest BCUT2D eigenvalue weighted by atomic mass is 10.2. The first-order chi connectivity index (χ1) is 16.1. The molecule has 0 fully saturated rings. The standard InChI is InChI=1S/C23H16F5N3O3/c1-33-18-10-16-17(11-19(18)34-2)31(22(30-16)23(26,27)28)13-8-6-12(7-9-13)29-21(32)14-4-3-5-15(24)20(14)25/h3-11H,1-2H3,(H,29,32). The number of rotatable bonds is 5. The molecule has 0 saturated heterocycles. The van der Waals surface area contributed by atoms with Crippen LogP contribution in [0.4, 0.5) is 27.6 Å². The lowest BCUT2D eigenvalue weighted by Crippen LogP contribution is -2.15. The number of aromatic nitrogens is 2. The van der Waals surface area contributed by atoms with Gasteiger partial charge in [0.25, 0.3) is 5.91 Å². The fraction of sp³-hybridized carbons (Fsp3) is 0.130. The molecule has 0 spiro atoms. The van der Waals surface area contributed by atoms with Gasteiger partial charge in [0.2, 0.25) is 5.82 Å². The average molecular weight is 477 g/mol. The monoisotopic (exact) mass is 477 g/mol. The van der Waals surface area contributed by atoms with E-state index in [0.29, 0.717) is 0 Å². The summed E-state index contributed by atoms with van der Waals surface area (Å²) < 4.78 is 79.8.